The molecule has 0 N–H and O–H groups in total. The molecular formula is C7H7NO2S2. The van der Waals surface area contributed by atoms with E-state index in [0.717, 1.165) is 5.56 Å². The number of hydrogen-bond donors (Lipinski definition) is 0. The lowest BCUT2D eigenvalue weighted by Gasteiger charge is -2.08. The van der Waals surface area contributed by atoms with Crippen LogP contribution in [0.5, 0.6) is 0 Å². The van der Waals surface area contributed by atoms with E-state index in [0.29, 0.717) is 10.6 Å². The molecule has 1 aliphatic heterocycles. The van der Waals surface area contributed by atoms with Crippen molar-refractivity contribution in [1.29, 1.82) is 0 Å². The Morgan fingerprint density at radius 3 is 3.17 bits per heavy atom. The number of fused-ring (bicyclic) bond motifs is 1. The SMILES string of the molecule is CS1(=O)=NC(=O)c2sccc2C1. The molecule has 2 rings (SSSR count). The molecule has 0 aliphatic carbocycles. The summed E-state index contributed by atoms with van der Waals surface area (Å²) in [6, 6.07) is 1.84. The molecule has 1 atom stereocenters. The first kappa shape index (κ1) is 7.94. The maximum Gasteiger partial charge on any atom is 0.295 e. The van der Waals surface area contributed by atoms with Gasteiger partial charge in [0, 0.05) is 6.26 Å². The standard InChI is InChI=1S/C7H7NO2S2/c1-12(10)4-5-2-3-11-6(5)7(9)8-12/h2-3H,4H2,1H3. The summed E-state index contributed by atoms with van der Waals surface area (Å²) in [7, 11) is -2.28. The second-order valence-corrected chi connectivity index (χ2v) is 6.08. The van der Waals surface area contributed by atoms with E-state index < -0.39 is 9.73 Å². The average molecular weight is 201 g/mol. The van der Waals surface area contributed by atoms with Crippen molar-refractivity contribution < 1.29 is 9.00 Å². The van der Waals surface area contributed by atoms with Gasteiger partial charge in [0.2, 0.25) is 0 Å². The molecule has 0 radical (unpaired) electrons. The van der Waals surface area contributed by atoms with E-state index in [1.807, 2.05) is 11.4 Å². The molecule has 3 nitrogen and oxygen atoms in total. The van der Waals surface area contributed by atoms with Crippen LogP contribution in [0.1, 0.15) is 15.2 Å². The third kappa shape index (κ3) is 1.19. The molecule has 1 amide bonds. The van der Waals surface area contributed by atoms with Crippen LogP contribution in [-0.2, 0) is 15.5 Å². The van der Waals surface area contributed by atoms with Gasteiger partial charge in [0.05, 0.1) is 20.4 Å². The van der Waals surface area contributed by atoms with E-state index in [1.165, 1.54) is 17.6 Å². The average Bonchev–Trinajstić information content (AvgIpc) is 2.31. The van der Waals surface area contributed by atoms with Crippen molar-refractivity contribution in [3.05, 3.63) is 21.9 Å². The number of thiophene rings is 1. The molecule has 12 heavy (non-hydrogen) atoms. The number of carbonyl (C=O) groups is 1. The summed E-state index contributed by atoms with van der Waals surface area (Å²) in [5.74, 6) is 0.0937. The van der Waals surface area contributed by atoms with Gasteiger partial charge in [-0.1, -0.05) is 0 Å². The third-order valence-electron chi connectivity index (χ3n) is 1.64. The Kier molecular flexibility index (Phi) is 1.59. The quantitative estimate of drug-likeness (QED) is 0.638. The van der Waals surface area contributed by atoms with E-state index in [4.69, 9.17) is 0 Å². The van der Waals surface area contributed by atoms with Crippen molar-refractivity contribution >= 4 is 27.0 Å². The largest absolute Gasteiger partial charge is 0.295 e. The van der Waals surface area contributed by atoms with Crippen molar-refractivity contribution in [1.82, 2.24) is 0 Å². The van der Waals surface area contributed by atoms with E-state index in [1.54, 1.807) is 0 Å². The third-order valence-corrected chi connectivity index (χ3v) is 3.98. The molecule has 5 heteroatoms. The van der Waals surface area contributed by atoms with Crippen LogP contribution in [-0.4, -0.2) is 16.4 Å². The van der Waals surface area contributed by atoms with Crippen LogP contribution in [0.25, 0.3) is 0 Å². The molecule has 0 aromatic carbocycles. The van der Waals surface area contributed by atoms with Crippen molar-refractivity contribution in [2.24, 2.45) is 4.36 Å². The fraction of sp³-hybridized carbons (Fsp3) is 0.286. The van der Waals surface area contributed by atoms with Gasteiger partial charge in [0.25, 0.3) is 5.91 Å². The first-order valence-corrected chi connectivity index (χ1v) is 6.36. The lowest BCUT2D eigenvalue weighted by molar-refractivity contribution is 0.101. The molecule has 0 spiro atoms. The van der Waals surface area contributed by atoms with E-state index in [2.05, 4.69) is 4.36 Å². The first-order valence-electron chi connectivity index (χ1n) is 3.39. The normalized spacial score (nSPS) is 27.9. The summed E-state index contributed by atoms with van der Waals surface area (Å²) < 4.78 is 15.1. The highest BCUT2D eigenvalue weighted by Gasteiger charge is 2.21. The first-order chi connectivity index (χ1) is 5.58. The molecule has 0 saturated heterocycles. The van der Waals surface area contributed by atoms with E-state index in [9.17, 15) is 9.00 Å². The van der Waals surface area contributed by atoms with Gasteiger partial charge in [-0.3, -0.25) is 4.79 Å². The number of carbonyl (C=O) groups excluding carboxylic acids is 1. The van der Waals surface area contributed by atoms with Crippen molar-refractivity contribution in [2.75, 3.05) is 6.26 Å². The Morgan fingerprint density at radius 2 is 2.42 bits per heavy atom. The molecule has 0 saturated carbocycles. The van der Waals surface area contributed by atoms with Gasteiger partial charge in [-0.2, -0.15) is 4.36 Å². The fourth-order valence-electron chi connectivity index (χ4n) is 1.17. The lowest BCUT2D eigenvalue weighted by Crippen LogP contribution is -2.12. The highest BCUT2D eigenvalue weighted by atomic mass is 32.2. The Morgan fingerprint density at radius 1 is 1.67 bits per heavy atom. The minimum absolute atomic E-state index is 0.321. The Balaban J connectivity index is 2.65. The van der Waals surface area contributed by atoms with Gasteiger partial charge in [-0.15, -0.1) is 11.3 Å². The minimum Gasteiger partial charge on any atom is -0.265 e. The summed E-state index contributed by atoms with van der Waals surface area (Å²) in [4.78, 5) is 11.9. The Labute approximate surface area is 74.6 Å². The van der Waals surface area contributed by atoms with Crippen molar-refractivity contribution in [3.8, 4) is 0 Å². The number of hydrogen-bond acceptors (Lipinski definition) is 3. The van der Waals surface area contributed by atoms with E-state index in [-0.39, 0.29) is 5.91 Å². The van der Waals surface area contributed by atoms with Gasteiger partial charge in [-0.25, -0.2) is 4.21 Å². The molecule has 1 aromatic heterocycles. The number of nitrogens with zero attached hydrogens (tertiary/aromatic N) is 1. The van der Waals surface area contributed by atoms with Crippen LogP contribution in [0.3, 0.4) is 0 Å². The Hall–Kier alpha value is -0.680. The lowest BCUT2D eigenvalue weighted by atomic mass is 10.3. The minimum atomic E-state index is -2.28. The predicted molar refractivity (Wildman–Crippen MR) is 48.8 cm³/mol. The smallest absolute Gasteiger partial charge is 0.265 e. The number of rotatable bonds is 0. The second kappa shape index (κ2) is 2.40. The van der Waals surface area contributed by atoms with Gasteiger partial charge in [-0.05, 0) is 17.0 Å². The number of amides is 1. The highest BCUT2D eigenvalue weighted by molar-refractivity contribution is 7.92. The topological polar surface area (TPSA) is 46.5 Å². The summed E-state index contributed by atoms with van der Waals surface area (Å²) in [6.07, 6.45) is 1.52. The summed E-state index contributed by atoms with van der Waals surface area (Å²) in [5.41, 5.74) is 0.882. The van der Waals surface area contributed by atoms with Crippen LogP contribution in [0, 0.1) is 0 Å². The molecule has 0 fully saturated rings. The summed E-state index contributed by atoms with van der Waals surface area (Å²) in [6.45, 7) is 0. The van der Waals surface area contributed by atoms with Crippen LogP contribution in [0.4, 0.5) is 0 Å². The van der Waals surface area contributed by atoms with Crippen LogP contribution < -0.4 is 0 Å². The van der Waals surface area contributed by atoms with E-state index >= 15 is 0 Å². The molecule has 2 heterocycles. The highest BCUT2D eigenvalue weighted by Crippen LogP contribution is 2.25. The van der Waals surface area contributed by atoms with Crippen LogP contribution in [0.15, 0.2) is 15.8 Å². The van der Waals surface area contributed by atoms with Gasteiger partial charge in [0.15, 0.2) is 0 Å². The molecule has 0 bridgehead atoms. The molecule has 1 aromatic rings. The predicted octanol–water partition coefficient (Wildman–Crippen LogP) is 1.50. The molecule has 1 aliphatic rings. The zero-order chi connectivity index (χ0) is 8.77. The molecule has 64 valence electrons. The monoisotopic (exact) mass is 201 g/mol. The summed E-state index contributed by atoms with van der Waals surface area (Å²) >= 11 is 1.37. The van der Waals surface area contributed by atoms with Crippen molar-refractivity contribution in [2.45, 2.75) is 5.75 Å². The molecular weight excluding hydrogens is 194 g/mol. The maximum atomic E-state index is 11.5. The summed E-state index contributed by atoms with van der Waals surface area (Å²) in [5, 5.41) is 1.83. The zero-order valence-corrected chi connectivity index (χ0v) is 8.08. The van der Waals surface area contributed by atoms with Crippen LogP contribution >= 0.6 is 11.3 Å². The van der Waals surface area contributed by atoms with Gasteiger partial charge < -0.3 is 0 Å². The van der Waals surface area contributed by atoms with Crippen molar-refractivity contribution in [3.63, 3.8) is 0 Å². The molecule has 1 unspecified atom stereocenters. The van der Waals surface area contributed by atoms with Crippen LogP contribution in [0.2, 0.25) is 0 Å². The van der Waals surface area contributed by atoms with Gasteiger partial charge >= 0.3 is 0 Å². The Bertz CT molecular complexity index is 452. The zero-order valence-electron chi connectivity index (χ0n) is 6.44. The van der Waals surface area contributed by atoms with Gasteiger partial charge in [0.1, 0.15) is 0 Å². The second-order valence-electron chi connectivity index (χ2n) is 2.78. The maximum absolute atomic E-state index is 11.5. The fourth-order valence-corrected chi connectivity index (χ4v) is 3.45.